The minimum absolute atomic E-state index is 0.165. The number of carbonyl (C=O) groups excluding carboxylic acids is 3. The number of likely N-dealkylation sites (tertiary alicyclic amines) is 1. The van der Waals surface area contributed by atoms with E-state index in [0.717, 1.165) is 19.3 Å². The molecule has 1 aromatic rings. The van der Waals surface area contributed by atoms with Gasteiger partial charge in [0.2, 0.25) is 0 Å². The van der Waals surface area contributed by atoms with Gasteiger partial charge in [-0.25, -0.2) is 9.59 Å². The first-order valence-corrected chi connectivity index (χ1v) is 8.33. The number of benzene rings is 1. The Morgan fingerprint density at radius 2 is 1.96 bits per heavy atom. The number of nitrogens with zero attached hydrogens (tertiary/aromatic N) is 2. The summed E-state index contributed by atoms with van der Waals surface area (Å²) in [5, 5.41) is 0. The van der Waals surface area contributed by atoms with Crippen LogP contribution in [-0.4, -0.2) is 56.2 Å². The molecule has 0 aromatic heterocycles. The van der Waals surface area contributed by atoms with Crippen LogP contribution in [0.4, 0.5) is 10.5 Å². The van der Waals surface area contributed by atoms with E-state index in [0.29, 0.717) is 12.2 Å². The summed E-state index contributed by atoms with van der Waals surface area (Å²) in [6, 6.07) is 6.69. The third kappa shape index (κ3) is 4.49. The lowest BCUT2D eigenvalue weighted by atomic mass is 10.0. The van der Waals surface area contributed by atoms with Gasteiger partial charge in [0.25, 0.3) is 5.91 Å². The fourth-order valence-electron chi connectivity index (χ4n) is 2.93. The van der Waals surface area contributed by atoms with Crippen molar-refractivity contribution in [2.24, 2.45) is 0 Å². The molecule has 0 spiro atoms. The van der Waals surface area contributed by atoms with Crippen molar-refractivity contribution in [2.75, 3.05) is 32.2 Å². The van der Waals surface area contributed by atoms with Gasteiger partial charge in [0.05, 0.1) is 18.4 Å². The normalized spacial score (nSPS) is 16.9. The number of anilines is 1. The van der Waals surface area contributed by atoms with Crippen molar-refractivity contribution in [1.82, 2.24) is 4.90 Å². The third-order valence-electron chi connectivity index (χ3n) is 4.38. The van der Waals surface area contributed by atoms with E-state index in [1.54, 1.807) is 29.2 Å². The van der Waals surface area contributed by atoms with Crippen LogP contribution in [0.3, 0.4) is 0 Å². The summed E-state index contributed by atoms with van der Waals surface area (Å²) in [6.07, 6.45) is 2.44. The largest absolute Gasteiger partial charge is 0.452 e. The van der Waals surface area contributed by atoms with Crippen molar-refractivity contribution in [2.45, 2.75) is 32.2 Å². The number of esters is 1. The van der Waals surface area contributed by atoms with E-state index < -0.39 is 12.1 Å². The molecule has 136 valence electrons. The van der Waals surface area contributed by atoms with E-state index in [1.807, 2.05) is 6.92 Å². The number of para-hydroxylation sites is 1. The van der Waals surface area contributed by atoms with Crippen molar-refractivity contribution >= 4 is 23.7 Å². The average molecular weight is 348 g/mol. The minimum Gasteiger partial charge on any atom is -0.452 e. The minimum atomic E-state index is -0.649. The van der Waals surface area contributed by atoms with Crippen LogP contribution in [0, 0.1) is 0 Å². The number of amides is 2. The van der Waals surface area contributed by atoms with E-state index in [-0.39, 0.29) is 24.1 Å². The second kappa shape index (κ2) is 8.50. The molecular formula is C18H24N2O5. The lowest BCUT2D eigenvalue weighted by Crippen LogP contribution is -2.44. The molecule has 1 heterocycles. The third-order valence-corrected chi connectivity index (χ3v) is 4.38. The summed E-state index contributed by atoms with van der Waals surface area (Å²) in [5.41, 5.74) is 0.563. The predicted molar refractivity (Wildman–Crippen MR) is 92.6 cm³/mol. The Morgan fingerprint density at radius 3 is 2.64 bits per heavy atom. The second-order valence-corrected chi connectivity index (χ2v) is 6.05. The Bertz CT molecular complexity index is 646. The van der Waals surface area contributed by atoms with Gasteiger partial charge in [0.1, 0.15) is 0 Å². The first kappa shape index (κ1) is 18.8. The molecular weight excluding hydrogens is 324 g/mol. The van der Waals surface area contributed by atoms with Gasteiger partial charge in [-0.3, -0.25) is 9.69 Å². The van der Waals surface area contributed by atoms with Crippen molar-refractivity contribution in [3.63, 3.8) is 0 Å². The number of ether oxygens (including phenoxy) is 2. The first-order valence-electron chi connectivity index (χ1n) is 8.33. The van der Waals surface area contributed by atoms with Crippen LogP contribution in [0.15, 0.2) is 24.3 Å². The fourth-order valence-corrected chi connectivity index (χ4v) is 2.93. The zero-order valence-corrected chi connectivity index (χ0v) is 14.9. The summed E-state index contributed by atoms with van der Waals surface area (Å²) >= 11 is 0. The molecule has 25 heavy (non-hydrogen) atoms. The maximum atomic E-state index is 12.4. The molecule has 2 rings (SSSR count). The molecule has 1 fully saturated rings. The molecule has 0 radical (unpaired) electrons. The van der Waals surface area contributed by atoms with Crippen LogP contribution < -0.4 is 4.90 Å². The molecule has 1 aliphatic rings. The first-order chi connectivity index (χ1) is 12.0. The van der Waals surface area contributed by atoms with Gasteiger partial charge >= 0.3 is 12.1 Å². The Hall–Kier alpha value is -2.57. The summed E-state index contributed by atoms with van der Waals surface area (Å²) in [4.78, 5) is 39.3. The van der Waals surface area contributed by atoms with Crippen LogP contribution in [0.25, 0.3) is 0 Å². The Balaban J connectivity index is 2.04. The molecule has 0 unspecified atom stereocenters. The van der Waals surface area contributed by atoms with Crippen LogP contribution >= 0.6 is 0 Å². The number of rotatable bonds is 4. The fraction of sp³-hybridized carbons (Fsp3) is 0.500. The predicted octanol–water partition coefficient (Wildman–Crippen LogP) is 2.45. The molecule has 7 nitrogen and oxygen atoms in total. The summed E-state index contributed by atoms with van der Waals surface area (Å²) in [7, 11) is 2.76. The molecule has 1 saturated heterocycles. The zero-order valence-electron chi connectivity index (χ0n) is 14.9. The average Bonchev–Trinajstić information content (AvgIpc) is 2.64. The van der Waals surface area contributed by atoms with Crippen LogP contribution in [0.1, 0.15) is 36.5 Å². The van der Waals surface area contributed by atoms with Gasteiger partial charge in [-0.15, -0.1) is 0 Å². The molecule has 0 saturated carbocycles. The molecule has 0 bridgehead atoms. The molecule has 1 aromatic carbocycles. The van der Waals surface area contributed by atoms with Crippen molar-refractivity contribution in [1.29, 1.82) is 0 Å². The standard InChI is InChI=1S/C18H24N2O5/c1-13-8-6-7-11-20(13)16(21)12-25-17(22)14-9-4-5-10-15(14)19(2)18(23)24-3/h4-5,9-10,13H,6-8,11-12H2,1-3H3/t13-/m0/s1. The quantitative estimate of drug-likeness (QED) is 0.781. The Kier molecular flexibility index (Phi) is 6.38. The number of piperidine rings is 1. The van der Waals surface area contributed by atoms with Gasteiger partial charge in [-0.1, -0.05) is 12.1 Å². The smallest absolute Gasteiger partial charge is 0.413 e. The van der Waals surface area contributed by atoms with Gasteiger partial charge < -0.3 is 14.4 Å². The number of hydrogen-bond acceptors (Lipinski definition) is 5. The highest BCUT2D eigenvalue weighted by Gasteiger charge is 2.25. The molecule has 0 N–H and O–H groups in total. The van der Waals surface area contributed by atoms with Crippen LogP contribution in [0.5, 0.6) is 0 Å². The summed E-state index contributed by atoms with van der Waals surface area (Å²) in [5.74, 6) is -0.844. The number of methoxy groups -OCH3 is 1. The SMILES string of the molecule is COC(=O)N(C)c1ccccc1C(=O)OCC(=O)N1CCCC[C@@H]1C. The van der Waals surface area contributed by atoms with E-state index in [4.69, 9.17) is 4.74 Å². The van der Waals surface area contributed by atoms with E-state index in [1.165, 1.54) is 19.1 Å². The molecule has 1 aliphatic heterocycles. The molecule has 1 atom stereocenters. The monoisotopic (exact) mass is 348 g/mol. The lowest BCUT2D eigenvalue weighted by molar-refractivity contribution is -0.137. The van der Waals surface area contributed by atoms with Gasteiger partial charge in [-0.05, 0) is 38.3 Å². The number of carbonyl (C=O) groups is 3. The highest BCUT2D eigenvalue weighted by molar-refractivity contribution is 6.01. The van der Waals surface area contributed by atoms with Crippen molar-refractivity contribution in [3.05, 3.63) is 29.8 Å². The van der Waals surface area contributed by atoms with E-state index in [9.17, 15) is 14.4 Å². The maximum absolute atomic E-state index is 12.4. The molecule has 2 amide bonds. The molecule has 7 heteroatoms. The highest BCUT2D eigenvalue weighted by atomic mass is 16.5. The maximum Gasteiger partial charge on any atom is 0.413 e. The van der Waals surface area contributed by atoms with Gasteiger partial charge in [0.15, 0.2) is 6.61 Å². The summed E-state index contributed by atoms with van der Waals surface area (Å²) in [6.45, 7) is 2.39. The van der Waals surface area contributed by atoms with Gasteiger partial charge in [-0.2, -0.15) is 0 Å². The van der Waals surface area contributed by atoms with Crippen LogP contribution in [0.2, 0.25) is 0 Å². The lowest BCUT2D eigenvalue weighted by Gasteiger charge is -2.33. The topological polar surface area (TPSA) is 76.1 Å². The number of hydrogen-bond donors (Lipinski definition) is 0. The highest BCUT2D eigenvalue weighted by Crippen LogP contribution is 2.21. The second-order valence-electron chi connectivity index (χ2n) is 6.05. The van der Waals surface area contributed by atoms with E-state index in [2.05, 4.69) is 4.74 Å². The van der Waals surface area contributed by atoms with Crippen molar-refractivity contribution in [3.8, 4) is 0 Å². The van der Waals surface area contributed by atoms with Gasteiger partial charge in [0, 0.05) is 19.6 Å². The van der Waals surface area contributed by atoms with E-state index >= 15 is 0 Å². The Morgan fingerprint density at radius 1 is 1.24 bits per heavy atom. The Labute approximate surface area is 147 Å². The molecule has 0 aliphatic carbocycles. The zero-order chi connectivity index (χ0) is 18.4. The van der Waals surface area contributed by atoms with Crippen LogP contribution in [-0.2, 0) is 14.3 Å². The van der Waals surface area contributed by atoms with Crippen molar-refractivity contribution < 1.29 is 23.9 Å². The summed E-state index contributed by atoms with van der Waals surface area (Å²) < 4.78 is 9.85.